The second kappa shape index (κ2) is 11.0. The van der Waals surface area contributed by atoms with Gasteiger partial charge in [0, 0.05) is 12.1 Å². The fraction of sp³-hybridized carbons (Fsp3) is 0.400. The SMILES string of the molecule is CCNCCCNCc1ccc(OCc2ccc(F)cc2Cl)c(OC)c1. The highest BCUT2D eigenvalue weighted by Gasteiger charge is 2.08. The van der Waals surface area contributed by atoms with E-state index in [1.807, 2.05) is 18.2 Å². The first-order valence-electron chi connectivity index (χ1n) is 8.79. The van der Waals surface area contributed by atoms with Gasteiger partial charge in [-0.25, -0.2) is 4.39 Å². The van der Waals surface area contributed by atoms with Gasteiger partial charge in [0.15, 0.2) is 11.5 Å². The third kappa shape index (κ3) is 6.48. The molecule has 0 saturated heterocycles. The third-order valence-electron chi connectivity index (χ3n) is 3.91. The van der Waals surface area contributed by atoms with Crippen LogP contribution in [0.2, 0.25) is 5.02 Å². The predicted octanol–water partition coefficient (Wildman–Crippen LogP) is 4.16. The van der Waals surface area contributed by atoms with Crippen LogP contribution in [-0.4, -0.2) is 26.7 Å². The number of nitrogens with one attached hydrogen (secondary N) is 2. The van der Waals surface area contributed by atoms with Crippen LogP contribution >= 0.6 is 11.6 Å². The summed E-state index contributed by atoms with van der Waals surface area (Å²) in [6.45, 7) is 6.10. The lowest BCUT2D eigenvalue weighted by Crippen LogP contribution is -2.21. The number of halogens is 2. The molecule has 0 bridgehead atoms. The van der Waals surface area contributed by atoms with E-state index in [4.69, 9.17) is 21.1 Å². The van der Waals surface area contributed by atoms with Crippen molar-refractivity contribution in [1.82, 2.24) is 10.6 Å². The van der Waals surface area contributed by atoms with E-state index in [0.717, 1.165) is 43.7 Å². The van der Waals surface area contributed by atoms with Crippen molar-refractivity contribution in [1.29, 1.82) is 0 Å². The fourth-order valence-electron chi connectivity index (χ4n) is 2.48. The van der Waals surface area contributed by atoms with Crippen LogP contribution in [0.5, 0.6) is 11.5 Å². The second-order valence-electron chi connectivity index (χ2n) is 5.89. The summed E-state index contributed by atoms with van der Waals surface area (Å²) in [5.41, 5.74) is 1.85. The molecule has 2 aromatic carbocycles. The third-order valence-corrected chi connectivity index (χ3v) is 4.26. The monoisotopic (exact) mass is 380 g/mol. The topological polar surface area (TPSA) is 42.5 Å². The molecule has 0 radical (unpaired) electrons. The smallest absolute Gasteiger partial charge is 0.161 e. The van der Waals surface area contributed by atoms with Gasteiger partial charge < -0.3 is 20.1 Å². The quantitative estimate of drug-likeness (QED) is 0.574. The summed E-state index contributed by atoms with van der Waals surface area (Å²) in [7, 11) is 1.61. The van der Waals surface area contributed by atoms with Crippen LogP contribution in [0.3, 0.4) is 0 Å². The zero-order valence-electron chi connectivity index (χ0n) is 15.3. The fourth-order valence-corrected chi connectivity index (χ4v) is 2.71. The lowest BCUT2D eigenvalue weighted by molar-refractivity contribution is 0.284. The number of benzene rings is 2. The molecule has 2 aromatic rings. The van der Waals surface area contributed by atoms with Crippen LogP contribution in [-0.2, 0) is 13.2 Å². The molecule has 0 fully saturated rings. The Bertz CT molecular complexity index is 698. The predicted molar refractivity (Wildman–Crippen MR) is 104 cm³/mol. The van der Waals surface area contributed by atoms with E-state index in [9.17, 15) is 4.39 Å². The highest BCUT2D eigenvalue weighted by Crippen LogP contribution is 2.29. The Morgan fingerprint density at radius 2 is 1.85 bits per heavy atom. The number of methoxy groups -OCH3 is 1. The van der Waals surface area contributed by atoms with E-state index >= 15 is 0 Å². The van der Waals surface area contributed by atoms with Gasteiger partial charge in [-0.05, 0) is 55.9 Å². The summed E-state index contributed by atoms with van der Waals surface area (Å²) in [6.07, 6.45) is 1.09. The zero-order chi connectivity index (χ0) is 18.8. The van der Waals surface area contributed by atoms with Gasteiger partial charge >= 0.3 is 0 Å². The molecule has 0 aliphatic carbocycles. The summed E-state index contributed by atoms with van der Waals surface area (Å²) in [4.78, 5) is 0. The van der Waals surface area contributed by atoms with Gasteiger partial charge in [-0.2, -0.15) is 0 Å². The van der Waals surface area contributed by atoms with Crippen molar-refractivity contribution in [3.05, 3.63) is 58.4 Å². The van der Waals surface area contributed by atoms with Gasteiger partial charge in [-0.3, -0.25) is 0 Å². The largest absolute Gasteiger partial charge is 0.493 e. The van der Waals surface area contributed by atoms with Crippen LogP contribution < -0.4 is 20.1 Å². The molecule has 0 aliphatic rings. The number of hydrogen-bond acceptors (Lipinski definition) is 4. The van der Waals surface area contributed by atoms with E-state index in [0.29, 0.717) is 16.5 Å². The lowest BCUT2D eigenvalue weighted by Gasteiger charge is -2.13. The van der Waals surface area contributed by atoms with Crippen molar-refractivity contribution in [2.45, 2.75) is 26.5 Å². The van der Waals surface area contributed by atoms with E-state index in [2.05, 4.69) is 17.6 Å². The highest BCUT2D eigenvalue weighted by molar-refractivity contribution is 6.31. The lowest BCUT2D eigenvalue weighted by atomic mass is 10.2. The number of hydrogen-bond donors (Lipinski definition) is 2. The normalized spacial score (nSPS) is 10.8. The maximum Gasteiger partial charge on any atom is 0.161 e. The van der Waals surface area contributed by atoms with Crippen molar-refractivity contribution >= 4 is 11.6 Å². The molecule has 0 saturated carbocycles. The summed E-state index contributed by atoms with van der Waals surface area (Å²) in [6, 6.07) is 10.1. The van der Waals surface area contributed by atoms with Crippen LogP contribution in [0.25, 0.3) is 0 Å². The number of rotatable bonds is 11. The van der Waals surface area contributed by atoms with Crippen LogP contribution in [0, 0.1) is 5.82 Å². The average molecular weight is 381 g/mol. The zero-order valence-corrected chi connectivity index (χ0v) is 16.0. The van der Waals surface area contributed by atoms with Crippen LogP contribution in [0.15, 0.2) is 36.4 Å². The molecule has 142 valence electrons. The molecule has 0 aromatic heterocycles. The average Bonchev–Trinajstić information content (AvgIpc) is 2.64. The van der Waals surface area contributed by atoms with Crippen molar-refractivity contribution in [3.8, 4) is 11.5 Å². The van der Waals surface area contributed by atoms with Crippen LogP contribution in [0.1, 0.15) is 24.5 Å². The van der Waals surface area contributed by atoms with Crippen molar-refractivity contribution < 1.29 is 13.9 Å². The Labute approximate surface area is 159 Å². The Kier molecular flexibility index (Phi) is 8.68. The standard InChI is InChI=1S/C20H26ClFN2O2/c1-3-23-9-4-10-24-13-15-5-8-19(20(11-15)25-2)26-14-16-6-7-17(22)12-18(16)21/h5-8,11-12,23-24H,3-4,9-10,13-14H2,1-2H3. The van der Waals surface area contributed by atoms with E-state index in [1.165, 1.54) is 12.1 Å². The van der Waals surface area contributed by atoms with E-state index in [-0.39, 0.29) is 12.4 Å². The summed E-state index contributed by atoms with van der Waals surface area (Å²) in [5.74, 6) is 0.928. The Hall–Kier alpha value is -1.82. The van der Waals surface area contributed by atoms with Crippen molar-refractivity contribution in [3.63, 3.8) is 0 Å². The molecule has 2 rings (SSSR count). The van der Waals surface area contributed by atoms with Crippen LogP contribution in [0.4, 0.5) is 4.39 Å². The summed E-state index contributed by atoms with van der Waals surface area (Å²) < 4.78 is 24.3. The molecule has 0 spiro atoms. The second-order valence-corrected chi connectivity index (χ2v) is 6.30. The maximum atomic E-state index is 13.1. The molecule has 0 aliphatic heterocycles. The van der Waals surface area contributed by atoms with Gasteiger partial charge in [0.05, 0.1) is 12.1 Å². The summed E-state index contributed by atoms with van der Waals surface area (Å²) in [5, 5.41) is 7.06. The Balaban J connectivity index is 1.89. The molecular formula is C20H26ClFN2O2. The molecule has 0 heterocycles. The van der Waals surface area contributed by atoms with Gasteiger partial charge in [0.25, 0.3) is 0 Å². The van der Waals surface area contributed by atoms with Crippen molar-refractivity contribution in [2.24, 2.45) is 0 Å². The molecule has 26 heavy (non-hydrogen) atoms. The molecular weight excluding hydrogens is 355 g/mol. The molecule has 0 amide bonds. The van der Waals surface area contributed by atoms with E-state index < -0.39 is 0 Å². The minimum absolute atomic E-state index is 0.248. The summed E-state index contributed by atoms with van der Waals surface area (Å²) >= 11 is 6.03. The molecule has 2 N–H and O–H groups in total. The Morgan fingerprint density at radius 3 is 2.58 bits per heavy atom. The first-order valence-corrected chi connectivity index (χ1v) is 9.17. The molecule has 4 nitrogen and oxygen atoms in total. The molecule has 0 atom stereocenters. The van der Waals surface area contributed by atoms with Gasteiger partial charge in [0.1, 0.15) is 12.4 Å². The first-order chi connectivity index (χ1) is 12.6. The Morgan fingerprint density at radius 1 is 1.04 bits per heavy atom. The van der Waals surface area contributed by atoms with Gasteiger partial charge in [0.2, 0.25) is 0 Å². The first kappa shape index (κ1) is 20.5. The van der Waals surface area contributed by atoms with Crippen molar-refractivity contribution in [2.75, 3.05) is 26.7 Å². The van der Waals surface area contributed by atoms with E-state index in [1.54, 1.807) is 13.2 Å². The minimum Gasteiger partial charge on any atom is -0.493 e. The number of ether oxygens (including phenoxy) is 2. The minimum atomic E-state index is -0.362. The molecule has 0 unspecified atom stereocenters. The van der Waals surface area contributed by atoms with Gasteiger partial charge in [-0.1, -0.05) is 30.7 Å². The molecule has 6 heteroatoms. The highest BCUT2D eigenvalue weighted by atomic mass is 35.5. The maximum absolute atomic E-state index is 13.1. The van der Waals surface area contributed by atoms with Gasteiger partial charge in [-0.15, -0.1) is 0 Å².